The molecule has 106 valence electrons. The number of rotatable bonds is 4. The molecule has 0 aliphatic carbocycles. The molecule has 3 N–H and O–H groups in total. The largest absolute Gasteiger partial charge is 0.329 e. The van der Waals surface area contributed by atoms with Gasteiger partial charge in [0, 0.05) is 12.1 Å². The van der Waals surface area contributed by atoms with E-state index in [1.54, 1.807) is 32.9 Å². The van der Waals surface area contributed by atoms with Gasteiger partial charge in [-0.25, -0.2) is 13.1 Å². The smallest absolute Gasteiger partial charge is 0.241 e. The molecule has 0 unspecified atom stereocenters. The van der Waals surface area contributed by atoms with E-state index >= 15 is 0 Å². The summed E-state index contributed by atoms with van der Waals surface area (Å²) in [5.74, 6) is 0. The lowest BCUT2D eigenvalue weighted by Gasteiger charge is -2.24. The van der Waals surface area contributed by atoms with Crippen LogP contribution in [0.4, 0.5) is 0 Å². The molecule has 1 aromatic rings. The molecule has 0 heterocycles. The number of sulfonamides is 1. The summed E-state index contributed by atoms with van der Waals surface area (Å²) >= 11 is 0. The van der Waals surface area contributed by atoms with Gasteiger partial charge in [-0.2, -0.15) is 5.26 Å². The lowest BCUT2D eigenvalue weighted by molar-refractivity contribution is 0.462. The number of nitrogens with one attached hydrogen (secondary N) is 1. The Morgan fingerprint density at radius 1 is 1.42 bits per heavy atom. The maximum Gasteiger partial charge on any atom is 0.241 e. The Bertz CT molecular complexity index is 591. The molecule has 1 rings (SSSR count). The molecular weight excluding hydrogens is 286 g/mol. The fourth-order valence-corrected chi connectivity index (χ4v) is 3.11. The van der Waals surface area contributed by atoms with Crippen molar-refractivity contribution in [3.05, 3.63) is 29.3 Å². The van der Waals surface area contributed by atoms with Crippen molar-refractivity contribution in [1.82, 2.24) is 4.72 Å². The van der Waals surface area contributed by atoms with Crippen LogP contribution in [0.15, 0.2) is 23.1 Å². The quantitative estimate of drug-likeness (QED) is 0.876. The summed E-state index contributed by atoms with van der Waals surface area (Å²) in [6, 6.07) is 6.49. The van der Waals surface area contributed by atoms with E-state index in [0.717, 1.165) is 0 Å². The van der Waals surface area contributed by atoms with Crippen LogP contribution < -0.4 is 10.5 Å². The van der Waals surface area contributed by atoms with Gasteiger partial charge < -0.3 is 5.73 Å². The van der Waals surface area contributed by atoms with Crippen molar-refractivity contribution in [3.63, 3.8) is 0 Å². The zero-order chi connectivity index (χ0) is 14.0. The monoisotopic (exact) mass is 303 g/mol. The van der Waals surface area contributed by atoms with Gasteiger partial charge in [0.15, 0.2) is 0 Å². The average molecular weight is 304 g/mol. The molecule has 0 atom stereocenters. The van der Waals surface area contributed by atoms with Crippen LogP contribution in [0.5, 0.6) is 0 Å². The zero-order valence-electron chi connectivity index (χ0n) is 11.1. The second kappa shape index (κ2) is 6.35. The molecule has 19 heavy (non-hydrogen) atoms. The minimum atomic E-state index is -3.67. The lowest BCUT2D eigenvalue weighted by Crippen LogP contribution is -2.48. The van der Waals surface area contributed by atoms with Crippen LogP contribution in [0.1, 0.15) is 25.0 Å². The highest BCUT2D eigenvalue weighted by Gasteiger charge is 2.26. The molecule has 0 spiro atoms. The molecular formula is C12H18ClN3O2S. The van der Waals surface area contributed by atoms with Crippen LogP contribution in [-0.4, -0.2) is 20.5 Å². The van der Waals surface area contributed by atoms with Crippen LogP contribution in [0.2, 0.25) is 0 Å². The predicted octanol–water partition coefficient (Wildman–Crippen LogP) is 1.30. The molecule has 5 nitrogen and oxygen atoms in total. The number of hydrogen-bond donors (Lipinski definition) is 2. The van der Waals surface area contributed by atoms with Gasteiger partial charge in [-0.1, -0.05) is 6.07 Å². The first-order chi connectivity index (χ1) is 8.22. The van der Waals surface area contributed by atoms with Gasteiger partial charge in [0.2, 0.25) is 10.0 Å². The second-order valence-corrected chi connectivity index (χ2v) is 6.44. The molecule has 0 aliphatic heterocycles. The van der Waals surface area contributed by atoms with E-state index in [1.165, 1.54) is 6.07 Å². The van der Waals surface area contributed by atoms with Gasteiger partial charge >= 0.3 is 0 Å². The van der Waals surface area contributed by atoms with Gasteiger partial charge in [0.05, 0.1) is 16.5 Å². The molecule has 7 heteroatoms. The van der Waals surface area contributed by atoms with Gasteiger partial charge in [-0.05, 0) is 38.5 Å². The van der Waals surface area contributed by atoms with E-state index in [9.17, 15) is 8.42 Å². The van der Waals surface area contributed by atoms with Gasteiger partial charge in [-0.3, -0.25) is 0 Å². The van der Waals surface area contributed by atoms with E-state index < -0.39 is 15.6 Å². The third kappa shape index (κ3) is 4.48. The first kappa shape index (κ1) is 17.9. The summed E-state index contributed by atoms with van der Waals surface area (Å²) in [4.78, 5) is 0.114. The van der Waals surface area contributed by atoms with Crippen LogP contribution in [0, 0.1) is 18.3 Å². The third-order valence-corrected chi connectivity index (χ3v) is 4.37. The third-order valence-electron chi connectivity index (χ3n) is 2.53. The lowest BCUT2D eigenvalue weighted by atomic mass is 10.1. The van der Waals surface area contributed by atoms with Crippen LogP contribution in [0.3, 0.4) is 0 Å². The summed E-state index contributed by atoms with van der Waals surface area (Å²) in [6.45, 7) is 5.27. The van der Waals surface area contributed by atoms with Crippen molar-refractivity contribution in [1.29, 1.82) is 5.26 Å². The molecule has 0 saturated heterocycles. The van der Waals surface area contributed by atoms with Crippen LogP contribution in [0.25, 0.3) is 0 Å². The normalized spacial score (nSPS) is 11.5. The molecule has 1 aromatic carbocycles. The van der Waals surface area contributed by atoms with Crippen molar-refractivity contribution in [2.45, 2.75) is 31.2 Å². The highest BCUT2D eigenvalue weighted by Crippen LogP contribution is 2.18. The number of aryl methyl sites for hydroxylation is 1. The summed E-state index contributed by atoms with van der Waals surface area (Å²) in [5, 5.41) is 8.81. The van der Waals surface area contributed by atoms with E-state index in [4.69, 9.17) is 11.0 Å². The Hall–Kier alpha value is -1.13. The van der Waals surface area contributed by atoms with E-state index in [0.29, 0.717) is 11.1 Å². The van der Waals surface area contributed by atoms with Crippen LogP contribution >= 0.6 is 12.4 Å². The standard InChI is InChI=1S/C12H17N3O2S.ClH/c1-9-4-5-10(7-13)6-11(9)18(16,17)15-12(2,3)8-14;/h4-6,15H,8,14H2,1-3H3;1H. The maximum atomic E-state index is 12.2. The topological polar surface area (TPSA) is 96.0 Å². The molecule has 0 bridgehead atoms. The Kier molecular flexibility index (Phi) is 5.97. The highest BCUT2D eigenvalue weighted by molar-refractivity contribution is 7.89. The number of nitrogens with zero attached hydrogens (tertiary/aromatic N) is 1. The summed E-state index contributed by atoms with van der Waals surface area (Å²) < 4.78 is 27.0. The maximum absolute atomic E-state index is 12.2. The Morgan fingerprint density at radius 3 is 2.47 bits per heavy atom. The van der Waals surface area contributed by atoms with Crippen molar-refractivity contribution >= 4 is 22.4 Å². The SMILES string of the molecule is Cc1ccc(C#N)cc1S(=O)(=O)NC(C)(C)CN.Cl. The second-order valence-electron chi connectivity index (χ2n) is 4.79. The molecule has 0 aromatic heterocycles. The zero-order valence-corrected chi connectivity index (χ0v) is 12.7. The first-order valence-corrected chi connectivity index (χ1v) is 6.95. The minimum absolute atomic E-state index is 0. The number of benzene rings is 1. The summed E-state index contributed by atoms with van der Waals surface area (Å²) in [7, 11) is -3.67. The predicted molar refractivity (Wildman–Crippen MR) is 76.6 cm³/mol. The van der Waals surface area contributed by atoms with Gasteiger partial charge in [-0.15, -0.1) is 12.4 Å². The van der Waals surface area contributed by atoms with E-state index in [1.807, 2.05) is 6.07 Å². The number of nitrogens with two attached hydrogens (primary N) is 1. The number of hydrogen-bond acceptors (Lipinski definition) is 4. The molecule has 0 radical (unpaired) electrons. The van der Waals surface area contributed by atoms with Gasteiger partial charge in [0.1, 0.15) is 0 Å². The Balaban J connectivity index is 0.00000324. The summed E-state index contributed by atoms with van der Waals surface area (Å²) in [5.41, 5.74) is 5.68. The minimum Gasteiger partial charge on any atom is -0.329 e. The number of nitriles is 1. The van der Waals surface area contributed by atoms with E-state index in [-0.39, 0.29) is 23.8 Å². The molecule has 0 fully saturated rings. The van der Waals surface area contributed by atoms with Crippen molar-refractivity contribution < 1.29 is 8.42 Å². The fraction of sp³-hybridized carbons (Fsp3) is 0.417. The van der Waals surface area contributed by atoms with Crippen LogP contribution in [-0.2, 0) is 10.0 Å². The summed E-state index contributed by atoms with van der Waals surface area (Å²) in [6.07, 6.45) is 0. The average Bonchev–Trinajstić information content (AvgIpc) is 2.28. The fourth-order valence-electron chi connectivity index (χ4n) is 1.42. The first-order valence-electron chi connectivity index (χ1n) is 5.47. The Morgan fingerprint density at radius 2 is 2.00 bits per heavy atom. The van der Waals surface area contributed by atoms with Gasteiger partial charge in [0.25, 0.3) is 0 Å². The van der Waals surface area contributed by atoms with Crippen molar-refractivity contribution in [2.24, 2.45) is 5.73 Å². The molecule has 0 amide bonds. The van der Waals surface area contributed by atoms with E-state index in [2.05, 4.69) is 4.72 Å². The van der Waals surface area contributed by atoms with Crippen molar-refractivity contribution in [2.75, 3.05) is 6.54 Å². The molecule has 0 aliphatic rings. The van der Waals surface area contributed by atoms with Crippen molar-refractivity contribution in [3.8, 4) is 6.07 Å². The molecule has 0 saturated carbocycles. The Labute approximate surface area is 120 Å². The number of halogens is 1. The highest BCUT2D eigenvalue weighted by atomic mass is 35.5.